The molecule has 8 heteroatoms. The topological polar surface area (TPSA) is 66.9 Å². The van der Waals surface area contributed by atoms with E-state index < -0.39 is 27.8 Å². The summed E-state index contributed by atoms with van der Waals surface area (Å²) in [6, 6.07) is 11.4. The van der Waals surface area contributed by atoms with Crippen LogP contribution in [0.25, 0.3) is 0 Å². The quantitative estimate of drug-likeness (QED) is 0.724. The minimum absolute atomic E-state index is 0.108. The smallest absolute Gasteiger partial charge is 0.246 e. The minimum Gasteiger partial charge on any atom is -0.497 e. The summed E-state index contributed by atoms with van der Waals surface area (Å²) in [7, 11) is -0.631. The van der Waals surface area contributed by atoms with Crippen LogP contribution in [0.1, 0.15) is 12.5 Å². The van der Waals surface area contributed by atoms with Gasteiger partial charge in [-0.1, -0.05) is 18.2 Å². The van der Waals surface area contributed by atoms with Crippen molar-refractivity contribution in [3.63, 3.8) is 0 Å². The van der Waals surface area contributed by atoms with Crippen molar-refractivity contribution >= 4 is 21.6 Å². The summed E-state index contributed by atoms with van der Waals surface area (Å²) in [5.41, 5.74) is 0.978. The van der Waals surface area contributed by atoms with Gasteiger partial charge in [-0.25, -0.2) is 12.8 Å². The van der Waals surface area contributed by atoms with E-state index in [9.17, 15) is 17.6 Å². The lowest BCUT2D eigenvalue weighted by atomic mass is 10.2. The van der Waals surface area contributed by atoms with E-state index in [0.29, 0.717) is 12.3 Å². The maximum Gasteiger partial charge on any atom is 0.246 e. The van der Waals surface area contributed by atoms with E-state index in [2.05, 4.69) is 0 Å². The van der Waals surface area contributed by atoms with Gasteiger partial charge in [0.25, 0.3) is 0 Å². The zero-order valence-electron chi connectivity index (χ0n) is 15.7. The highest BCUT2D eigenvalue weighted by molar-refractivity contribution is 7.92. The first kappa shape index (κ1) is 20.7. The summed E-state index contributed by atoms with van der Waals surface area (Å²) in [5.74, 6) is -0.275. The second kappa shape index (κ2) is 8.39. The molecule has 0 spiro atoms. The number of hydrogen-bond donors (Lipinski definition) is 0. The Balaban J connectivity index is 2.23. The molecule has 6 nitrogen and oxygen atoms in total. The van der Waals surface area contributed by atoms with Crippen molar-refractivity contribution in [2.75, 3.05) is 24.7 Å². The van der Waals surface area contributed by atoms with E-state index >= 15 is 0 Å². The monoisotopic (exact) mass is 394 g/mol. The number of methoxy groups -OCH3 is 1. The van der Waals surface area contributed by atoms with Gasteiger partial charge in [-0.2, -0.15) is 0 Å². The van der Waals surface area contributed by atoms with Crippen LogP contribution in [0.3, 0.4) is 0 Å². The summed E-state index contributed by atoms with van der Waals surface area (Å²) in [6.07, 6.45) is 0.991. The van der Waals surface area contributed by atoms with Gasteiger partial charge in [0.1, 0.15) is 17.6 Å². The Morgan fingerprint density at radius 3 is 2.33 bits per heavy atom. The van der Waals surface area contributed by atoms with Gasteiger partial charge in [0.05, 0.1) is 19.1 Å². The largest absolute Gasteiger partial charge is 0.497 e. The molecule has 1 atom stereocenters. The van der Waals surface area contributed by atoms with Crippen LogP contribution in [0.15, 0.2) is 48.5 Å². The van der Waals surface area contributed by atoms with Crippen LogP contribution in [0.5, 0.6) is 5.75 Å². The van der Waals surface area contributed by atoms with Crippen molar-refractivity contribution in [1.29, 1.82) is 0 Å². The van der Waals surface area contributed by atoms with Gasteiger partial charge in [-0.3, -0.25) is 9.10 Å². The maximum absolute atomic E-state index is 13.6. The lowest BCUT2D eigenvalue weighted by Crippen LogP contribution is -2.48. The standard InChI is InChI=1S/C19H23FN2O4S/c1-14(22(27(4,24)25)17-7-5-6-16(20)12-17)19(23)21(2)13-15-8-10-18(26-3)11-9-15/h5-12,14H,13H2,1-4H3/t14-/m1/s1. The Hall–Kier alpha value is -2.61. The molecule has 27 heavy (non-hydrogen) atoms. The molecular formula is C19H23FN2O4S. The number of carbonyl (C=O) groups excluding carboxylic acids is 1. The molecule has 2 aromatic carbocycles. The van der Waals surface area contributed by atoms with Gasteiger partial charge >= 0.3 is 0 Å². The van der Waals surface area contributed by atoms with Gasteiger partial charge in [0.15, 0.2) is 0 Å². The van der Waals surface area contributed by atoms with Crippen LogP contribution in [0.2, 0.25) is 0 Å². The molecule has 0 saturated heterocycles. The highest BCUT2D eigenvalue weighted by atomic mass is 32.2. The molecule has 0 radical (unpaired) electrons. The minimum atomic E-state index is -3.79. The van der Waals surface area contributed by atoms with E-state index in [-0.39, 0.29) is 5.69 Å². The van der Waals surface area contributed by atoms with Gasteiger partial charge in [0, 0.05) is 13.6 Å². The molecule has 1 amide bonds. The molecule has 2 rings (SSSR count). The Morgan fingerprint density at radius 2 is 1.81 bits per heavy atom. The van der Waals surface area contributed by atoms with Crippen LogP contribution < -0.4 is 9.04 Å². The van der Waals surface area contributed by atoms with Crippen LogP contribution in [-0.4, -0.2) is 45.7 Å². The van der Waals surface area contributed by atoms with Crippen molar-refractivity contribution in [1.82, 2.24) is 4.90 Å². The first-order valence-electron chi connectivity index (χ1n) is 8.26. The second-order valence-corrected chi connectivity index (χ2v) is 8.12. The van der Waals surface area contributed by atoms with Crippen molar-refractivity contribution in [3.8, 4) is 5.75 Å². The van der Waals surface area contributed by atoms with E-state index in [4.69, 9.17) is 4.74 Å². The van der Waals surface area contributed by atoms with E-state index in [1.54, 1.807) is 26.3 Å². The Kier molecular flexibility index (Phi) is 6.43. The first-order valence-corrected chi connectivity index (χ1v) is 10.1. The summed E-state index contributed by atoms with van der Waals surface area (Å²) in [5, 5.41) is 0. The molecule has 0 aromatic heterocycles. The Morgan fingerprint density at radius 1 is 1.19 bits per heavy atom. The van der Waals surface area contributed by atoms with Crippen LogP contribution in [-0.2, 0) is 21.4 Å². The molecule has 0 aliphatic carbocycles. The molecule has 0 bridgehead atoms. The number of nitrogens with zero attached hydrogens (tertiary/aromatic N) is 2. The third-order valence-corrected chi connectivity index (χ3v) is 5.33. The molecule has 0 N–H and O–H groups in total. The molecule has 0 heterocycles. The van der Waals surface area contributed by atoms with Crippen molar-refractivity contribution in [2.24, 2.45) is 0 Å². The van der Waals surface area contributed by atoms with Crippen molar-refractivity contribution < 1.29 is 22.3 Å². The fourth-order valence-electron chi connectivity index (χ4n) is 2.82. The van der Waals surface area contributed by atoms with Gasteiger partial charge in [0.2, 0.25) is 15.9 Å². The molecular weight excluding hydrogens is 371 g/mol. The fourth-order valence-corrected chi connectivity index (χ4v) is 3.98. The highest BCUT2D eigenvalue weighted by Gasteiger charge is 2.31. The summed E-state index contributed by atoms with van der Waals surface area (Å²) in [4.78, 5) is 14.3. The Labute approximate surface area is 159 Å². The highest BCUT2D eigenvalue weighted by Crippen LogP contribution is 2.23. The number of carbonyl (C=O) groups is 1. The third kappa shape index (κ3) is 5.19. The molecule has 0 aliphatic rings. The molecule has 146 valence electrons. The number of rotatable bonds is 7. The van der Waals surface area contributed by atoms with E-state index in [1.807, 2.05) is 12.1 Å². The average Bonchev–Trinajstić information content (AvgIpc) is 2.60. The lowest BCUT2D eigenvalue weighted by molar-refractivity contribution is -0.131. The summed E-state index contributed by atoms with van der Waals surface area (Å²) in [6.45, 7) is 1.78. The number of hydrogen-bond acceptors (Lipinski definition) is 4. The molecule has 0 saturated carbocycles. The van der Waals surface area contributed by atoms with Gasteiger partial charge in [-0.15, -0.1) is 0 Å². The van der Waals surface area contributed by atoms with Gasteiger partial charge in [-0.05, 0) is 42.8 Å². The second-order valence-electron chi connectivity index (χ2n) is 6.26. The number of anilines is 1. The summed E-state index contributed by atoms with van der Waals surface area (Å²) >= 11 is 0. The first-order chi connectivity index (χ1) is 12.6. The molecule has 0 fully saturated rings. The predicted octanol–water partition coefficient (Wildman–Crippen LogP) is 2.65. The SMILES string of the molecule is COc1ccc(CN(C)C(=O)[C@@H](C)N(c2cccc(F)c2)S(C)(=O)=O)cc1. The van der Waals surface area contributed by atoms with E-state index in [0.717, 1.165) is 22.2 Å². The number of halogens is 1. The number of sulfonamides is 1. The predicted molar refractivity (Wildman–Crippen MR) is 103 cm³/mol. The third-order valence-electron chi connectivity index (χ3n) is 4.08. The number of benzene rings is 2. The number of ether oxygens (including phenoxy) is 1. The number of amides is 1. The van der Waals surface area contributed by atoms with Crippen LogP contribution in [0.4, 0.5) is 10.1 Å². The zero-order chi connectivity index (χ0) is 20.2. The molecule has 0 unspecified atom stereocenters. The molecule has 2 aromatic rings. The zero-order valence-corrected chi connectivity index (χ0v) is 16.5. The van der Waals surface area contributed by atoms with Crippen LogP contribution >= 0.6 is 0 Å². The van der Waals surface area contributed by atoms with E-state index in [1.165, 1.54) is 30.0 Å². The van der Waals surface area contributed by atoms with Crippen molar-refractivity contribution in [2.45, 2.75) is 19.5 Å². The summed E-state index contributed by atoms with van der Waals surface area (Å²) < 4.78 is 44.1. The normalized spacial score (nSPS) is 12.3. The molecule has 0 aliphatic heterocycles. The average molecular weight is 394 g/mol. The maximum atomic E-state index is 13.6. The Bertz CT molecular complexity index is 900. The lowest BCUT2D eigenvalue weighted by Gasteiger charge is -2.31. The fraction of sp³-hybridized carbons (Fsp3) is 0.316. The van der Waals surface area contributed by atoms with Crippen molar-refractivity contribution in [3.05, 3.63) is 59.9 Å². The van der Waals surface area contributed by atoms with Crippen LogP contribution in [0, 0.1) is 5.82 Å². The van der Waals surface area contributed by atoms with Gasteiger partial charge < -0.3 is 9.64 Å². The number of likely N-dealkylation sites (N-methyl/N-ethyl adjacent to an activating group) is 1.